The van der Waals surface area contributed by atoms with Crippen LogP contribution in [0.5, 0.6) is 0 Å². The highest BCUT2D eigenvalue weighted by Crippen LogP contribution is 2.45. The fraction of sp³-hybridized carbons (Fsp3) is 0.800. The van der Waals surface area contributed by atoms with Gasteiger partial charge in [0.15, 0.2) is 0 Å². The molecule has 0 spiro atoms. The molecule has 2 aliphatic rings. The molecular formula is C15H25N3. The zero-order valence-corrected chi connectivity index (χ0v) is 11.7. The Hall–Kier alpha value is -0.830. The van der Waals surface area contributed by atoms with E-state index in [-0.39, 0.29) is 5.41 Å². The van der Waals surface area contributed by atoms with E-state index in [4.69, 9.17) is 0 Å². The number of aromatic nitrogens is 2. The Morgan fingerprint density at radius 2 is 2.22 bits per heavy atom. The molecule has 100 valence electrons. The molecule has 3 nitrogen and oxygen atoms in total. The molecule has 2 heterocycles. The monoisotopic (exact) mass is 247 g/mol. The zero-order chi connectivity index (χ0) is 12.6. The van der Waals surface area contributed by atoms with E-state index in [0.29, 0.717) is 5.41 Å². The molecule has 1 saturated heterocycles. The molecule has 3 rings (SSSR count). The van der Waals surface area contributed by atoms with Gasteiger partial charge in [-0.25, -0.2) is 4.98 Å². The van der Waals surface area contributed by atoms with Crippen LogP contribution >= 0.6 is 0 Å². The lowest BCUT2D eigenvalue weighted by Crippen LogP contribution is -2.36. The van der Waals surface area contributed by atoms with Crippen molar-refractivity contribution in [1.29, 1.82) is 0 Å². The Bertz CT molecular complexity index is 406. The third-order valence-electron chi connectivity index (χ3n) is 5.37. The van der Waals surface area contributed by atoms with Crippen molar-refractivity contribution in [3.63, 3.8) is 0 Å². The summed E-state index contributed by atoms with van der Waals surface area (Å²) >= 11 is 0. The normalized spacial score (nSPS) is 30.3. The van der Waals surface area contributed by atoms with Gasteiger partial charge in [-0.2, -0.15) is 0 Å². The number of nitrogens with zero attached hydrogens (tertiary/aromatic N) is 2. The molecule has 2 fully saturated rings. The molecule has 0 bridgehead atoms. The summed E-state index contributed by atoms with van der Waals surface area (Å²) in [5.74, 6) is 0. The molecule has 1 saturated carbocycles. The Morgan fingerprint density at radius 1 is 1.39 bits per heavy atom. The van der Waals surface area contributed by atoms with Crippen LogP contribution in [0.1, 0.15) is 51.6 Å². The second-order valence-corrected chi connectivity index (χ2v) is 6.60. The average molecular weight is 247 g/mol. The minimum absolute atomic E-state index is 0.287. The number of imidazole rings is 1. The van der Waals surface area contributed by atoms with Crippen molar-refractivity contribution in [3.8, 4) is 0 Å². The largest absolute Gasteiger partial charge is 0.333 e. The Labute approximate surface area is 110 Å². The zero-order valence-electron chi connectivity index (χ0n) is 11.7. The van der Waals surface area contributed by atoms with E-state index in [1.165, 1.54) is 44.3 Å². The second kappa shape index (κ2) is 4.37. The van der Waals surface area contributed by atoms with Gasteiger partial charge in [0.1, 0.15) is 0 Å². The Balaban J connectivity index is 1.83. The lowest BCUT2D eigenvalue weighted by molar-refractivity contribution is 0.0977. The van der Waals surface area contributed by atoms with E-state index < -0.39 is 0 Å². The van der Waals surface area contributed by atoms with E-state index >= 15 is 0 Å². The second-order valence-electron chi connectivity index (χ2n) is 6.60. The molecule has 18 heavy (non-hydrogen) atoms. The molecule has 1 atom stereocenters. The molecule has 1 unspecified atom stereocenters. The summed E-state index contributed by atoms with van der Waals surface area (Å²) in [6, 6.07) is 0. The van der Waals surface area contributed by atoms with Gasteiger partial charge in [0.25, 0.3) is 0 Å². The van der Waals surface area contributed by atoms with Crippen LogP contribution in [0.4, 0.5) is 0 Å². The molecule has 1 aliphatic carbocycles. The molecule has 0 aromatic carbocycles. The fourth-order valence-electron chi connectivity index (χ4n) is 3.65. The van der Waals surface area contributed by atoms with Gasteiger partial charge in [-0.1, -0.05) is 20.3 Å². The first kappa shape index (κ1) is 12.2. The van der Waals surface area contributed by atoms with Crippen LogP contribution in [-0.2, 0) is 12.0 Å². The summed E-state index contributed by atoms with van der Waals surface area (Å²) in [7, 11) is 0. The topological polar surface area (TPSA) is 29.9 Å². The van der Waals surface area contributed by atoms with Gasteiger partial charge >= 0.3 is 0 Å². The van der Waals surface area contributed by atoms with Crippen molar-refractivity contribution >= 4 is 0 Å². The number of hydrogen-bond donors (Lipinski definition) is 1. The van der Waals surface area contributed by atoms with Gasteiger partial charge in [-0.05, 0) is 37.6 Å². The third kappa shape index (κ3) is 1.89. The predicted molar refractivity (Wildman–Crippen MR) is 73.6 cm³/mol. The summed E-state index contributed by atoms with van der Waals surface area (Å²) < 4.78 is 2.44. The summed E-state index contributed by atoms with van der Waals surface area (Å²) in [4.78, 5) is 4.42. The first-order valence-electron chi connectivity index (χ1n) is 7.39. The number of nitrogens with one attached hydrogen (secondary N) is 1. The van der Waals surface area contributed by atoms with Crippen molar-refractivity contribution < 1.29 is 0 Å². The lowest BCUT2D eigenvalue weighted by atomic mass is 9.67. The fourth-order valence-corrected chi connectivity index (χ4v) is 3.65. The lowest BCUT2D eigenvalue weighted by Gasteiger charge is -2.42. The van der Waals surface area contributed by atoms with Crippen molar-refractivity contribution in [2.24, 2.45) is 5.41 Å². The van der Waals surface area contributed by atoms with Crippen molar-refractivity contribution in [2.45, 2.75) is 57.9 Å². The molecule has 1 aliphatic heterocycles. The third-order valence-corrected chi connectivity index (χ3v) is 5.37. The van der Waals surface area contributed by atoms with Crippen LogP contribution in [0.3, 0.4) is 0 Å². The van der Waals surface area contributed by atoms with Crippen molar-refractivity contribution in [2.75, 3.05) is 13.1 Å². The summed E-state index contributed by atoms with van der Waals surface area (Å²) in [6.07, 6.45) is 10.9. The molecule has 1 aromatic rings. The highest BCUT2D eigenvalue weighted by molar-refractivity contribution is 5.17. The molecular weight excluding hydrogens is 222 g/mol. The first-order chi connectivity index (χ1) is 8.68. The van der Waals surface area contributed by atoms with Gasteiger partial charge in [0.05, 0.1) is 6.33 Å². The maximum absolute atomic E-state index is 4.42. The van der Waals surface area contributed by atoms with Gasteiger partial charge in [0.2, 0.25) is 0 Å². The number of hydrogen-bond acceptors (Lipinski definition) is 2. The van der Waals surface area contributed by atoms with Gasteiger partial charge in [0, 0.05) is 30.4 Å². The molecule has 0 radical (unpaired) electrons. The Kier molecular flexibility index (Phi) is 2.97. The summed E-state index contributed by atoms with van der Waals surface area (Å²) in [6.45, 7) is 8.13. The maximum atomic E-state index is 4.42. The molecule has 0 amide bonds. The van der Waals surface area contributed by atoms with E-state index in [9.17, 15) is 0 Å². The van der Waals surface area contributed by atoms with Gasteiger partial charge < -0.3 is 9.88 Å². The van der Waals surface area contributed by atoms with Crippen LogP contribution in [0.2, 0.25) is 0 Å². The van der Waals surface area contributed by atoms with Crippen LogP contribution in [-0.4, -0.2) is 22.6 Å². The van der Waals surface area contributed by atoms with Crippen LogP contribution < -0.4 is 5.32 Å². The average Bonchev–Trinajstić information content (AvgIpc) is 2.93. The van der Waals surface area contributed by atoms with E-state index in [0.717, 1.165) is 13.1 Å². The van der Waals surface area contributed by atoms with Crippen LogP contribution in [0, 0.1) is 5.41 Å². The predicted octanol–water partition coefficient (Wildman–Crippen LogP) is 2.71. The molecule has 1 N–H and O–H groups in total. The quantitative estimate of drug-likeness (QED) is 0.886. The smallest absolute Gasteiger partial charge is 0.0948 e. The minimum Gasteiger partial charge on any atom is -0.333 e. The van der Waals surface area contributed by atoms with Gasteiger partial charge in [-0.15, -0.1) is 0 Å². The minimum atomic E-state index is 0.287. The molecule has 3 heteroatoms. The van der Waals surface area contributed by atoms with Crippen molar-refractivity contribution in [1.82, 2.24) is 14.9 Å². The summed E-state index contributed by atoms with van der Waals surface area (Å²) in [5.41, 5.74) is 2.29. The van der Waals surface area contributed by atoms with E-state index in [2.05, 4.69) is 41.2 Å². The maximum Gasteiger partial charge on any atom is 0.0948 e. The van der Waals surface area contributed by atoms with Crippen LogP contribution in [0.25, 0.3) is 0 Å². The Morgan fingerprint density at radius 3 is 2.78 bits per heavy atom. The highest BCUT2D eigenvalue weighted by Gasteiger charge is 2.38. The van der Waals surface area contributed by atoms with E-state index in [1.54, 1.807) is 0 Å². The van der Waals surface area contributed by atoms with Crippen molar-refractivity contribution in [3.05, 3.63) is 18.2 Å². The molecule has 1 aromatic heterocycles. The van der Waals surface area contributed by atoms with E-state index in [1.807, 2.05) is 0 Å². The first-order valence-corrected chi connectivity index (χ1v) is 7.39. The SMILES string of the molecule is CCC1(Cn2cncc2C2(C)CCNC2)CCC1. The summed E-state index contributed by atoms with van der Waals surface area (Å²) in [5, 5.41) is 3.49. The number of rotatable bonds is 4. The van der Waals surface area contributed by atoms with Gasteiger partial charge in [-0.3, -0.25) is 0 Å². The van der Waals surface area contributed by atoms with Crippen LogP contribution in [0.15, 0.2) is 12.5 Å². The highest BCUT2D eigenvalue weighted by atomic mass is 15.1. The standard InChI is InChI=1S/C15H25N3/c1-3-15(5-4-6-15)11-18-12-17-9-13(18)14(2)7-8-16-10-14/h9,12,16H,3-8,10-11H2,1-2H3.